The van der Waals surface area contributed by atoms with Gasteiger partial charge in [0.05, 0.1) is 40.3 Å². The molecule has 0 spiro atoms. The van der Waals surface area contributed by atoms with Gasteiger partial charge < -0.3 is 33.3 Å². The molecule has 0 amide bonds. The lowest BCUT2D eigenvalue weighted by Gasteiger charge is -2.26. The summed E-state index contributed by atoms with van der Waals surface area (Å²) in [5.74, 6) is -2.30. The second-order valence-electron chi connectivity index (χ2n) is 20.2. The minimum absolute atomic E-state index is 0.141. The predicted molar refractivity (Wildman–Crippen MR) is 297 cm³/mol. The van der Waals surface area contributed by atoms with Gasteiger partial charge in [-0.2, -0.15) is 0 Å². The fourth-order valence-corrected chi connectivity index (χ4v) is 7.71. The van der Waals surface area contributed by atoms with Crippen molar-refractivity contribution in [1.29, 1.82) is 0 Å². The topological polar surface area (TPSA) is 111 Å². The van der Waals surface area contributed by atoms with Gasteiger partial charge in [-0.05, 0) is 89.9 Å². The van der Waals surface area contributed by atoms with Gasteiger partial charge in [0.25, 0.3) is 0 Å². The van der Waals surface area contributed by atoms with Crippen LogP contribution >= 0.6 is 0 Å². The van der Waals surface area contributed by atoms with Gasteiger partial charge in [0, 0.05) is 12.8 Å². The average molecular weight is 995 g/mol. The third-order valence-corrected chi connectivity index (χ3v) is 12.1. The highest BCUT2D eigenvalue weighted by atomic mass is 16.7. The molecule has 2 unspecified atom stereocenters. The molecule has 0 bridgehead atoms. The Morgan fingerprint density at radius 1 is 0.437 bits per heavy atom. The van der Waals surface area contributed by atoms with Crippen LogP contribution in [-0.2, 0) is 33.3 Å². The highest BCUT2D eigenvalue weighted by Crippen LogP contribution is 2.15. The summed E-state index contributed by atoms with van der Waals surface area (Å²) in [4.78, 5) is 37.3. The Morgan fingerprint density at radius 3 is 1.20 bits per heavy atom. The summed E-state index contributed by atoms with van der Waals surface area (Å²) < 4.78 is 22.7. The van der Waals surface area contributed by atoms with Gasteiger partial charge in [0.1, 0.15) is 13.2 Å². The number of aliphatic carboxylic acids is 1. The molecule has 0 radical (unpaired) electrons. The Hall–Kier alpha value is -3.53. The van der Waals surface area contributed by atoms with E-state index in [1.165, 1.54) is 109 Å². The maximum atomic E-state index is 12.9. The summed E-state index contributed by atoms with van der Waals surface area (Å²) in [6.45, 7) is 4.61. The normalized spacial score (nSPS) is 13.4. The van der Waals surface area contributed by atoms with E-state index in [1.807, 2.05) is 21.1 Å². The molecule has 0 rings (SSSR count). The summed E-state index contributed by atoms with van der Waals surface area (Å²) in [6.07, 6.45) is 66.2. The quantitative estimate of drug-likeness (QED) is 0.0195. The zero-order valence-electron chi connectivity index (χ0n) is 46.3. The van der Waals surface area contributed by atoms with Gasteiger partial charge in [-0.3, -0.25) is 9.59 Å². The van der Waals surface area contributed by atoms with Gasteiger partial charge in [0.2, 0.25) is 0 Å². The lowest BCUT2D eigenvalue weighted by molar-refractivity contribution is -0.870. The van der Waals surface area contributed by atoms with Crippen LogP contribution in [0.3, 0.4) is 0 Å². The van der Waals surface area contributed by atoms with Crippen LogP contribution in [0.25, 0.3) is 0 Å². The molecular weight excluding hydrogens is 887 g/mol. The maximum absolute atomic E-state index is 12.9. The molecule has 9 heteroatoms. The number of esters is 2. The SMILES string of the molecule is CC/C=C\C/C=C\C/C=C\C/C=C\CCCCCCCCCCCCCCC(=O)OC(COC(=O)CCCCCCCC/C=C\C/C=C\C/C=C\CCCCCCC)COC(OCC[N+](C)(C)C)C(=O)[O-]. The Kier molecular flexibility index (Phi) is 50.2. The largest absolute Gasteiger partial charge is 0.545 e. The van der Waals surface area contributed by atoms with E-state index in [0.717, 1.165) is 89.9 Å². The van der Waals surface area contributed by atoms with Crippen molar-refractivity contribution in [3.63, 3.8) is 0 Å². The van der Waals surface area contributed by atoms with Crippen LogP contribution in [0.5, 0.6) is 0 Å². The number of quaternary nitrogens is 1. The van der Waals surface area contributed by atoms with Crippen LogP contribution in [-0.4, -0.2) is 82.3 Å². The molecular formula is C62H107NO8. The molecule has 0 N–H and O–H groups in total. The first-order valence-corrected chi connectivity index (χ1v) is 28.7. The lowest BCUT2D eigenvalue weighted by atomic mass is 10.0. The van der Waals surface area contributed by atoms with E-state index in [1.54, 1.807) is 0 Å². The predicted octanol–water partition coefficient (Wildman–Crippen LogP) is 15.5. The van der Waals surface area contributed by atoms with Crippen molar-refractivity contribution in [1.82, 2.24) is 0 Å². The fourth-order valence-electron chi connectivity index (χ4n) is 7.71. The lowest BCUT2D eigenvalue weighted by Crippen LogP contribution is -2.44. The number of carboxylic acids is 1. The zero-order chi connectivity index (χ0) is 52.0. The number of carbonyl (C=O) groups excluding carboxylic acids is 3. The van der Waals surface area contributed by atoms with Crippen molar-refractivity contribution >= 4 is 17.9 Å². The maximum Gasteiger partial charge on any atom is 0.306 e. The van der Waals surface area contributed by atoms with Crippen LogP contribution in [0.1, 0.15) is 232 Å². The highest BCUT2D eigenvalue weighted by Gasteiger charge is 2.22. The molecule has 0 saturated carbocycles. The first kappa shape index (κ1) is 67.5. The van der Waals surface area contributed by atoms with E-state index in [0.29, 0.717) is 17.4 Å². The van der Waals surface area contributed by atoms with Crippen molar-refractivity contribution in [2.45, 2.75) is 245 Å². The Bertz CT molecular complexity index is 1440. The Morgan fingerprint density at radius 2 is 0.803 bits per heavy atom. The molecule has 71 heavy (non-hydrogen) atoms. The molecule has 0 aromatic carbocycles. The van der Waals surface area contributed by atoms with Gasteiger partial charge in [-0.1, -0.05) is 214 Å². The summed E-state index contributed by atoms with van der Waals surface area (Å²) in [5, 5.41) is 11.8. The van der Waals surface area contributed by atoms with Crippen LogP contribution < -0.4 is 5.11 Å². The molecule has 0 aromatic rings. The number of unbranched alkanes of at least 4 members (excludes halogenated alkanes) is 23. The third-order valence-electron chi connectivity index (χ3n) is 12.1. The van der Waals surface area contributed by atoms with Crippen molar-refractivity contribution in [2.24, 2.45) is 0 Å². The van der Waals surface area contributed by atoms with Crippen LogP contribution in [0.15, 0.2) is 85.1 Å². The molecule has 0 aliphatic heterocycles. The van der Waals surface area contributed by atoms with E-state index >= 15 is 0 Å². The number of rotatable bonds is 52. The Balaban J connectivity index is 4.29. The number of ether oxygens (including phenoxy) is 4. The number of nitrogens with zero attached hydrogens (tertiary/aromatic N) is 1. The Labute approximate surface area is 436 Å². The molecule has 2 atom stereocenters. The van der Waals surface area contributed by atoms with Crippen molar-refractivity contribution < 1.29 is 42.9 Å². The smallest absolute Gasteiger partial charge is 0.306 e. The number of carboxylic acid groups (broad SMARTS) is 1. The van der Waals surface area contributed by atoms with Crippen LogP contribution in [0.4, 0.5) is 0 Å². The van der Waals surface area contributed by atoms with E-state index in [-0.39, 0.29) is 38.6 Å². The van der Waals surface area contributed by atoms with Crippen molar-refractivity contribution in [2.75, 3.05) is 47.5 Å². The zero-order valence-corrected chi connectivity index (χ0v) is 46.3. The standard InChI is InChI=1S/C62H107NO8/c1-6-8-10-12-14-16-18-20-22-24-26-28-29-30-31-33-35-37-39-41-43-45-47-49-51-53-60(65)71-58(57-70-62(61(66)67)68-55-54-63(3,4)5)56-69-59(64)52-50-48-46-44-42-40-38-36-34-32-27-25-23-21-19-17-15-13-11-9-7-2/h8,10,14,16,19-22,25-28,34,36,58,62H,6-7,9,11-13,15,17-18,23-24,29-33,35,37-57H2,1-5H3/b10-8-,16-14-,21-19-,22-20-,27-25-,28-26-,36-34-. The first-order chi connectivity index (χ1) is 34.6. The van der Waals surface area contributed by atoms with Crippen molar-refractivity contribution in [3.8, 4) is 0 Å². The van der Waals surface area contributed by atoms with Gasteiger partial charge in [-0.15, -0.1) is 0 Å². The third kappa shape index (κ3) is 54.1. The van der Waals surface area contributed by atoms with Gasteiger partial charge in [-0.25, -0.2) is 0 Å². The van der Waals surface area contributed by atoms with Gasteiger partial charge in [0.15, 0.2) is 12.4 Å². The second kappa shape index (κ2) is 52.8. The summed E-state index contributed by atoms with van der Waals surface area (Å²) in [7, 11) is 5.91. The molecule has 9 nitrogen and oxygen atoms in total. The van der Waals surface area contributed by atoms with Crippen LogP contribution in [0.2, 0.25) is 0 Å². The number of carbonyl (C=O) groups is 3. The monoisotopic (exact) mass is 994 g/mol. The molecule has 0 fully saturated rings. The van der Waals surface area contributed by atoms with Crippen molar-refractivity contribution in [3.05, 3.63) is 85.1 Å². The number of allylic oxidation sites excluding steroid dienone is 14. The summed E-state index contributed by atoms with van der Waals surface area (Å²) in [5.41, 5.74) is 0. The number of likely N-dealkylation sites (N-methyl/N-ethyl adjacent to an activating group) is 1. The average Bonchev–Trinajstić information content (AvgIpc) is 3.34. The van der Waals surface area contributed by atoms with Crippen LogP contribution in [0, 0.1) is 0 Å². The number of hydrogen-bond donors (Lipinski definition) is 0. The minimum Gasteiger partial charge on any atom is -0.545 e. The molecule has 0 saturated heterocycles. The molecule has 0 heterocycles. The molecule has 408 valence electrons. The number of hydrogen-bond acceptors (Lipinski definition) is 8. The minimum atomic E-state index is -1.63. The molecule has 0 aromatic heterocycles. The molecule has 0 aliphatic rings. The van der Waals surface area contributed by atoms with E-state index < -0.39 is 24.3 Å². The van der Waals surface area contributed by atoms with E-state index in [9.17, 15) is 19.5 Å². The fraction of sp³-hybridized carbons (Fsp3) is 0.726. The second-order valence-corrected chi connectivity index (χ2v) is 20.2. The summed E-state index contributed by atoms with van der Waals surface area (Å²) in [6, 6.07) is 0. The highest BCUT2D eigenvalue weighted by molar-refractivity contribution is 5.70. The summed E-state index contributed by atoms with van der Waals surface area (Å²) >= 11 is 0. The molecule has 0 aliphatic carbocycles. The van der Waals surface area contributed by atoms with Gasteiger partial charge >= 0.3 is 11.9 Å². The van der Waals surface area contributed by atoms with E-state index in [4.69, 9.17) is 18.9 Å². The van der Waals surface area contributed by atoms with E-state index in [2.05, 4.69) is 98.9 Å². The first-order valence-electron chi connectivity index (χ1n) is 28.7.